The molecule has 0 aromatic carbocycles. The van der Waals surface area contributed by atoms with Crippen molar-refractivity contribution in [2.24, 2.45) is 23.7 Å². The predicted octanol–water partition coefficient (Wildman–Crippen LogP) is 5.06. The molecular weight excluding hydrogens is 668 g/mol. The van der Waals surface area contributed by atoms with E-state index in [0.29, 0.717) is 38.5 Å². The van der Waals surface area contributed by atoms with Gasteiger partial charge in [0, 0.05) is 49.5 Å². The van der Waals surface area contributed by atoms with Crippen molar-refractivity contribution in [2.45, 2.75) is 198 Å². The maximum Gasteiger partial charge on any atom is 0.330 e. The van der Waals surface area contributed by atoms with Crippen LogP contribution in [0.15, 0.2) is 24.3 Å². The van der Waals surface area contributed by atoms with E-state index in [1.807, 2.05) is 26.0 Å². The highest BCUT2D eigenvalue weighted by Crippen LogP contribution is 2.44. The molecule has 1 spiro atoms. The molecule has 2 bridgehead atoms. The second kappa shape index (κ2) is 19.8. The first-order chi connectivity index (χ1) is 24.3. The van der Waals surface area contributed by atoms with Crippen molar-refractivity contribution in [3.8, 4) is 0 Å². The van der Waals surface area contributed by atoms with E-state index in [0.717, 1.165) is 44.3 Å². The molecule has 300 valence electrons. The molecule has 0 aromatic heterocycles. The Morgan fingerprint density at radius 1 is 0.923 bits per heavy atom. The molecule has 0 saturated carbocycles. The number of hydrogen-bond acceptors (Lipinski definition) is 11. The van der Waals surface area contributed by atoms with Gasteiger partial charge in [-0.15, -0.1) is 0 Å². The minimum Gasteiger partial charge on any atom is -0.459 e. The minimum absolute atomic E-state index is 0.0402. The van der Waals surface area contributed by atoms with Crippen LogP contribution in [0, 0.1) is 23.7 Å². The van der Waals surface area contributed by atoms with Crippen molar-refractivity contribution in [3.63, 3.8) is 0 Å². The van der Waals surface area contributed by atoms with Gasteiger partial charge in [0.05, 0.1) is 42.2 Å². The first kappa shape index (κ1) is 44.7. The van der Waals surface area contributed by atoms with Gasteiger partial charge in [-0.1, -0.05) is 59.6 Å². The number of carbonyl (C=O) groups excluding carboxylic acids is 2. The van der Waals surface area contributed by atoms with Gasteiger partial charge in [0.25, 0.3) is 0 Å². The Hall–Kier alpha value is -1.70. The van der Waals surface area contributed by atoms with Crippen LogP contribution in [0.4, 0.5) is 0 Å². The zero-order valence-corrected chi connectivity index (χ0v) is 32.8. The standard InChI is InChI=1S/C41H70O11/c1-8-30(42)22-31-16-14-19-41(51-31)25-35-28(5)34(52-41)23-33(44)29(21-26(2)3)15-12-10-9-11-13-18-39(6,48)36(45)24-32(43)27(4)38(47)40(7,49)20-17-37(46)50-35/h12,15,17,20,26-32,34-36,38,42-43,45,47-49H,8-11,13-14,16,18-19,21-25H2,1-7H3. The van der Waals surface area contributed by atoms with Crippen molar-refractivity contribution >= 4 is 11.8 Å². The lowest BCUT2D eigenvalue weighted by molar-refractivity contribution is -0.339. The van der Waals surface area contributed by atoms with Gasteiger partial charge in [0.15, 0.2) is 5.79 Å². The Bertz CT molecular complexity index is 1180. The summed E-state index contributed by atoms with van der Waals surface area (Å²) in [4.78, 5) is 27.3. The highest BCUT2D eigenvalue weighted by Gasteiger charge is 2.51. The lowest BCUT2D eigenvalue weighted by Gasteiger charge is -2.50. The summed E-state index contributed by atoms with van der Waals surface area (Å²) in [6.07, 6.45) is 7.45. The molecule has 6 N–H and O–H groups in total. The summed E-state index contributed by atoms with van der Waals surface area (Å²) < 4.78 is 19.3. The fourth-order valence-electron chi connectivity index (χ4n) is 7.92. The van der Waals surface area contributed by atoms with Crippen molar-refractivity contribution < 1.29 is 54.4 Å². The van der Waals surface area contributed by atoms with E-state index in [9.17, 15) is 40.2 Å². The second-order valence-corrected chi connectivity index (χ2v) is 17.0. The summed E-state index contributed by atoms with van der Waals surface area (Å²) in [6, 6.07) is 0. The van der Waals surface area contributed by atoms with Crippen LogP contribution in [0.5, 0.6) is 0 Å². The Labute approximate surface area is 311 Å². The second-order valence-electron chi connectivity index (χ2n) is 17.0. The number of hydrogen-bond donors (Lipinski definition) is 6. The van der Waals surface area contributed by atoms with Crippen LogP contribution in [0.3, 0.4) is 0 Å². The van der Waals surface area contributed by atoms with Crippen LogP contribution in [0.1, 0.15) is 138 Å². The number of allylic oxidation sites excluding steroid dienone is 2. The number of carbonyl (C=O) groups is 2. The molecular formula is C41H70O11. The summed E-state index contributed by atoms with van der Waals surface area (Å²) in [5.41, 5.74) is -3.41. The van der Waals surface area contributed by atoms with Gasteiger partial charge < -0.3 is 44.8 Å². The Kier molecular flexibility index (Phi) is 17.0. The molecule has 52 heavy (non-hydrogen) atoms. The molecule has 13 atom stereocenters. The zero-order valence-electron chi connectivity index (χ0n) is 32.8. The van der Waals surface area contributed by atoms with Crippen LogP contribution in [0.2, 0.25) is 0 Å². The minimum atomic E-state index is -1.95. The van der Waals surface area contributed by atoms with E-state index >= 15 is 0 Å². The van der Waals surface area contributed by atoms with Gasteiger partial charge in [-0.05, 0) is 77.2 Å². The van der Waals surface area contributed by atoms with Gasteiger partial charge in [-0.2, -0.15) is 0 Å². The lowest BCUT2D eigenvalue weighted by Crippen LogP contribution is -2.56. The van der Waals surface area contributed by atoms with Crippen LogP contribution in [-0.2, 0) is 23.8 Å². The zero-order chi connectivity index (χ0) is 38.9. The molecule has 13 unspecified atom stereocenters. The van der Waals surface area contributed by atoms with Gasteiger partial charge >= 0.3 is 5.97 Å². The van der Waals surface area contributed by atoms with E-state index in [-0.39, 0.29) is 48.9 Å². The van der Waals surface area contributed by atoms with Crippen molar-refractivity contribution in [1.82, 2.24) is 0 Å². The number of aliphatic hydroxyl groups excluding tert-OH is 4. The van der Waals surface area contributed by atoms with Crippen LogP contribution in [0.25, 0.3) is 0 Å². The summed E-state index contributed by atoms with van der Waals surface area (Å²) in [6.45, 7) is 12.4. The molecule has 11 nitrogen and oxygen atoms in total. The molecule has 0 aliphatic carbocycles. The Morgan fingerprint density at radius 3 is 2.31 bits per heavy atom. The lowest BCUT2D eigenvalue weighted by atomic mass is 9.81. The SMILES string of the molecule is CCC(O)CC1CCCC2(CC3OC(=O)C=CC(C)(O)C(O)C(C)C(O)CC(O)C(C)(O)CCCCCC=CC(CC(C)C)C(=O)CC(O2)C3C)O1. The average molecular weight is 739 g/mol. The molecule has 3 aliphatic rings. The third kappa shape index (κ3) is 13.0. The van der Waals surface area contributed by atoms with Gasteiger partial charge in [-0.25, -0.2) is 4.79 Å². The highest BCUT2D eigenvalue weighted by molar-refractivity contribution is 5.83. The van der Waals surface area contributed by atoms with E-state index in [1.54, 1.807) is 0 Å². The normalized spacial score (nSPS) is 41.8. The van der Waals surface area contributed by atoms with Crippen molar-refractivity contribution in [3.05, 3.63) is 24.3 Å². The van der Waals surface area contributed by atoms with E-state index < -0.39 is 65.5 Å². The summed E-state index contributed by atoms with van der Waals surface area (Å²) >= 11 is 0. The molecule has 2 saturated heterocycles. The highest BCUT2D eigenvalue weighted by atomic mass is 16.7. The molecule has 0 amide bonds. The number of esters is 1. The molecule has 3 rings (SSSR count). The van der Waals surface area contributed by atoms with E-state index in [1.165, 1.54) is 20.8 Å². The first-order valence-corrected chi connectivity index (χ1v) is 19.9. The summed E-state index contributed by atoms with van der Waals surface area (Å²) in [5, 5.41) is 65.3. The monoisotopic (exact) mass is 738 g/mol. The fraction of sp³-hybridized carbons (Fsp3) is 0.854. The predicted molar refractivity (Wildman–Crippen MR) is 198 cm³/mol. The topological polar surface area (TPSA) is 183 Å². The third-order valence-electron chi connectivity index (χ3n) is 11.7. The number of fused-ring (bicyclic) bond motifs is 2. The molecule has 0 aromatic rings. The molecule has 3 heterocycles. The number of ketones is 1. The maximum absolute atomic E-state index is 14.0. The molecule has 2 fully saturated rings. The summed E-state index contributed by atoms with van der Waals surface area (Å²) in [7, 11) is 0. The number of Topliss-reactive ketones (excluding diaryl/α,β-unsaturated/α-hetero) is 1. The van der Waals surface area contributed by atoms with E-state index in [4.69, 9.17) is 14.2 Å². The van der Waals surface area contributed by atoms with Gasteiger partial charge in [-0.3, -0.25) is 4.79 Å². The van der Waals surface area contributed by atoms with Gasteiger partial charge in [0.2, 0.25) is 0 Å². The van der Waals surface area contributed by atoms with Crippen molar-refractivity contribution in [2.75, 3.05) is 0 Å². The molecule has 0 radical (unpaired) electrons. The van der Waals surface area contributed by atoms with E-state index in [2.05, 4.69) is 13.8 Å². The average Bonchev–Trinajstić information content (AvgIpc) is 3.07. The van der Waals surface area contributed by atoms with Crippen LogP contribution >= 0.6 is 0 Å². The Balaban J connectivity index is 1.94. The largest absolute Gasteiger partial charge is 0.459 e. The number of ether oxygens (including phenoxy) is 3. The molecule has 3 aliphatic heterocycles. The molecule has 11 heteroatoms. The van der Waals surface area contributed by atoms with Crippen molar-refractivity contribution in [1.29, 1.82) is 0 Å². The maximum atomic E-state index is 14.0. The third-order valence-corrected chi connectivity index (χ3v) is 11.7. The summed E-state index contributed by atoms with van der Waals surface area (Å²) in [5.74, 6) is -3.14. The fourth-order valence-corrected chi connectivity index (χ4v) is 7.92. The van der Waals surface area contributed by atoms with Crippen LogP contribution < -0.4 is 0 Å². The first-order valence-electron chi connectivity index (χ1n) is 19.9. The van der Waals surface area contributed by atoms with Crippen LogP contribution in [-0.4, -0.2) is 102 Å². The number of aliphatic hydroxyl groups is 6. The van der Waals surface area contributed by atoms with Gasteiger partial charge in [0.1, 0.15) is 17.5 Å². The number of rotatable bonds is 5. The Morgan fingerprint density at radius 2 is 1.63 bits per heavy atom. The quantitative estimate of drug-likeness (QED) is 0.164. The smallest absolute Gasteiger partial charge is 0.330 e.